The van der Waals surface area contributed by atoms with E-state index in [1.54, 1.807) is 13.2 Å². The van der Waals surface area contributed by atoms with E-state index in [-0.39, 0.29) is 5.69 Å². The molecule has 0 saturated carbocycles. The van der Waals surface area contributed by atoms with Crippen molar-refractivity contribution in [2.45, 2.75) is 11.3 Å². The number of benzene rings is 2. The lowest BCUT2D eigenvalue weighted by molar-refractivity contribution is 0.414. The first-order chi connectivity index (χ1) is 9.58. The van der Waals surface area contributed by atoms with Gasteiger partial charge in [0.25, 0.3) is 0 Å². The van der Waals surface area contributed by atoms with Crippen LogP contribution < -0.4 is 10.5 Å². The number of halogens is 1. The van der Waals surface area contributed by atoms with E-state index >= 15 is 0 Å². The van der Waals surface area contributed by atoms with Crippen LogP contribution in [-0.4, -0.2) is 17.1 Å². The highest BCUT2D eigenvalue weighted by Crippen LogP contribution is 2.16. The van der Waals surface area contributed by atoms with Crippen LogP contribution in [0, 0.1) is 5.82 Å². The number of nitrogens with two attached hydrogens (primary N) is 1. The monoisotopic (exact) mass is 293 g/mol. The van der Waals surface area contributed by atoms with Gasteiger partial charge in [0.05, 0.1) is 17.9 Å². The normalized spacial score (nSPS) is 12.1. The molecule has 106 valence electrons. The Morgan fingerprint density at radius 1 is 1.20 bits per heavy atom. The second-order valence-corrected chi connectivity index (χ2v) is 5.94. The minimum absolute atomic E-state index is 0.290. The third-order valence-electron chi connectivity index (χ3n) is 2.89. The van der Waals surface area contributed by atoms with Gasteiger partial charge in [0.2, 0.25) is 0 Å². The van der Waals surface area contributed by atoms with Gasteiger partial charge in [0, 0.05) is 16.3 Å². The molecule has 0 heterocycles. The van der Waals surface area contributed by atoms with Crippen LogP contribution in [0.15, 0.2) is 47.4 Å². The van der Waals surface area contributed by atoms with Gasteiger partial charge in [-0.1, -0.05) is 12.1 Å². The Bertz CT molecular complexity index is 594. The van der Waals surface area contributed by atoms with Crippen molar-refractivity contribution in [2.24, 2.45) is 0 Å². The molecule has 0 aliphatic rings. The SMILES string of the molecule is COc1ccc(CCS(=O)c2cc(N)cc(F)c2)cc1. The van der Waals surface area contributed by atoms with Gasteiger partial charge in [0.1, 0.15) is 11.6 Å². The van der Waals surface area contributed by atoms with E-state index in [2.05, 4.69) is 0 Å². The standard InChI is InChI=1S/C15H16FNO2S/c1-19-14-4-2-11(3-5-14)6-7-20(18)15-9-12(16)8-13(17)10-15/h2-5,8-10H,6-7,17H2,1H3. The Kier molecular flexibility index (Phi) is 4.74. The molecule has 0 amide bonds. The summed E-state index contributed by atoms with van der Waals surface area (Å²) in [7, 11) is 0.347. The first-order valence-electron chi connectivity index (χ1n) is 6.16. The molecule has 2 N–H and O–H groups in total. The summed E-state index contributed by atoms with van der Waals surface area (Å²) in [5.74, 6) is 0.750. The van der Waals surface area contributed by atoms with Gasteiger partial charge in [-0.2, -0.15) is 0 Å². The van der Waals surface area contributed by atoms with Crippen LogP contribution in [0.2, 0.25) is 0 Å². The Morgan fingerprint density at radius 3 is 2.50 bits per heavy atom. The highest BCUT2D eigenvalue weighted by Gasteiger charge is 2.07. The minimum atomic E-state index is -1.26. The van der Waals surface area contributed by atoms with Gasteiger partial charge < -0.3 is 10.5 Å². The van der Waals surface area contributed by atoms with Crippen molar-refractivity contribution in [3.8, 4) is 5.75 Å². The molecule has 0 aromatic heterocycles. The summed E-state index contributed by atoms with van der Waals surface area (Å²) in [6, 6.07) is 11.6. The number of ether oxygens (including phenoxy) is 1. The summed E-state index contributed by atoms with van der Waals surface area (Å²) in [4.78, 5) is 0.427. The number of hydrogen-bond donors (Lipinski definition) is 1. The largest absolute Gasteiger partial charge is 0.497 e. The van der Waals surface area contributed by atoms with Gasteiger partial charge in [-0.25, -0.2) is 4.39 Å². The van der Waals surface area contributed by atoms with Gasteiger partial charge in [0.15, 0.2) is 0 Å². The van der Waals surface area contributed by atoms with Gasteiger partial charge in [-0.15, -0.1) is 0 Å². The van der Waals surface area contributed by atoms with E-state index in [0.717, 1.165) is 11.3 Å². The van der Waals surface area contributed by atoms with E-state index in [1.165, 1.54) is 12.1 Å². The lowest BCUT2D eigenvalue weighted by Gasteiger charge is -2.05. The fourth-order valence-electron chi connectivity index (χ4n) is 1.84. The number of aryl methyl sites for hydroxylation is 1. The molecule has 2 rings (SSSR count). The Morgan fingerprint density at radius 2 is 1.90 bits per heavy atom. The zero-order valence-electron chi connectivity index (χ0n) is 11.1. The number of rotatable bonds is 5. The first-order valence-corrected chi connectivity index (χ1v) is 7.48. The molecule has 1 unspecified atom stereocenters. The number of hydrogen-bond acceptors (Lipinski definition) is 3. The zero-order valence-corrected chi connectivity index (χ0v) is 12.0. The Hall–Kier alpha value is -1.88. The Balaban J connectivity index is 2.00. The third-order valence-corrected chi connectivity index (χ3v) is 4.23. The van der Waals surface area contributed by atoms with Crippen LogP contribution in [0.1, 0.15) is 5.56 Å². The molecular weight excluding hydrogens is 277 g/mol. The van der Waals surface area contributed by atoms with Crippen molar-refractivity contribution in [3.05, 3.63) is 53.8 Å². The highest BCUT2D eigenvalue weighted by molar-refractivity contribution is 7.85. The van der Waals surface area contributed by atoms with Crippen molar-refractivity contribution >= 4 is 16.5 Å². The number of anilines is 1. The van der Waals surface area contributed by atoms with Gasteiger partial charge in [-0.3, -0.25) is 4.21 Å². The highest BCUT2D eigenvalue weighted by atomic mass is 32.2. The molecule has 0 radical (unpaired) electrons. The van der Waals surface area contributed by atoms with Crippen molar-refractivity contribution < 1.29 is 13.3 Å². The molecule has 0 spiro atoms. The molecule has 1 atom stereocenters. The fourth-order valence-corrected chi connectivity index (χ4v) is 3.00. The predicted octanol–water partition coefficient (Wildman–Crippen LogP) is 2.77. The molecule has 3 nitrogen and oxygen atoms in total. The minimum Gasteiger partial charge on any atom is -0.497 e. The maximum atomic E-state index is 13.2. The van der Waals surface area contributed by atoms with Crippen LogP contribution in [0.25, 0.3) is 0 Å². The summed E-state index contributed by atoms with van der Waals surface area (Å²) >= 11 is 0. The van der Waals surface area contributed by atoms with E-state index in [4.69, 9.17) is 10.5 Å². The maximum absolute atomic E-state index is 13.2. The predicted molar refractivity (Wildman–Crippen MR) is 78.8 cm³/mol. The molecule has 2 aromatic rings. The molecule has 20 heavy (non-hydrogen) atoms. The third kappa shape index (κ3) is 3.81. The summed E-state index contributed by atoms with van der Waals surface area (Å²) < 4.78 is 30.4. The van der Waals surface area contributed by atoms with Crippen LogP contribution in [0.4, 0.5) is 10.1 Å². The molecule has 2 aromatic carbocycles. The lowest BCUT2D eigenvalue weighted by atomic mass is 10.2. The second kappa shape index (κ2) is 6.52. The average molecular weight is 293 g/mol. The maximum Gasteiger partial charge on any atom is 0.126 e. The van der Waals surface area contributed by atoms with Crippen molar-refractivity contribution in [1.29, 1.82) is 0 Å². The average Bonchev–Trinajstić information content (AvgIpc) is 2.44. The smallest absolute Gasteiger partial charge is 0.126 e. The topological polar surface area (TPSA) is 52.3 Å². The Labute approximate surface area is 120 Å². The van der Waals surface area contributed by atoms with Crippen molar-refractivity contribution in [2.75, 3.05) is 18.6 Å². The van der Waals surface area contributed by atoms with Gasteiger partial charge in [-0.05, 0) is 42.3 Å². The molecule has 0 aliphatic carbocycles. The summed E-state index contributed by atoms with van der Waals surface area (Å²) in [5, 5.41) is 0. The van der Waals surface area contributed by atoms with E-state index in [0.29, 0.717) is 17.1 Å². The fraction of sp³-hybridized carbons (Fsp3) is 0.200. The van der Waals surface area contributed by atoms with E-state index in [1.807, 2.05) is 24.3 Å². The van der Waals surface area contributed by atoms with Crippen LogP contribution in [-0.2, 0) is 17.2 Å². The number of methoxy groups -OCH3 is 1. The summed E-state index contributed by atoms with van der Waals surface area (Å²) in [6.07, 6.45) is 0.646. The molecule has 0 saturated heterocycles. The van der Waals surface area contributed by atoms with Crippen molar-refractivity contribution in [1.82, 2.24) is 0 Å². The van der Waals surface area contributed by atoms with Crippen LogP contribution >= 0.6 is 0 Å². The summed E-state index contributed by atoms with van der Waals surface area (Å²) in [5.41, 5.74) is 6.90. The van der Waals surface area contributed by atoms with Gasteiger partial charge >= 0.3 is 0 Å². The van der Waals surface area contributed by atoms with E-state index < -0.39 is 16.6 Å². The van der Waals surface area contributed by atoms with Crippen LogP contribution in [0.5, 0.6) is 5.75 Å². The molecular formula is C15H16FNO2S. The summed E-state index contributed by atoms with van der Waals surface area (Å²) in [6.45, 7) is 0. The second-order valence-electron chi connectivity index (χ2n) is 4.37. The molecule has 0 bridgehead atoms. The molecule has 0 aliphatic heterocycles. The molecule has 0 fully saturated rings. The lowest BCUT2D eigenvalue weighted by Crippen LogP contribution is -2.03. The van der Waals surface area contributed by atoms with Crippen molar-refractivity contribution in [3.63, 3.8) is 0 Å². The van der Waals surface area contributed by atoms with Crippen LogP contribution in [0.3, 0.4) is 0 Å². The zero-order chi connectivity index (χ0) is 14.5. The molecule has 5 heteroatoms. The quantitative estimate of drug-likeness (QED) is 0.862. The first kappa shape index (κ1) is 14.5. The van der Waals surface area contributed by atoms with E-state index in [9.17, 15) is 8.60 Å². The number of nitrogen functional groups attached to an aromatic ring is 1.